The molecule has 0 aliphatic carbocycles. The van der Waals surface area contributed by atoms with Crippen molar-refractivity contribution in [1.29, 1.82) is 0 Å². The number of nitro benzene ring substituents is 1. The van der Waals surface area contributed by atoms with E-state index >= 15 is 0 Å². The molecule has 0 spiro atoms. The number of nitrogens with zero attached hydrogens (tertiary/aromatic N) is 1. The van der Waals surface area contributed by atoms with Crippen molar-refractivity contribution in [1.82, 2.24) is 5.32 Å². The molecule has 0 aliphatic heterocycles. The van der Waals surface area contributed by atoms with Crippen molar-refractivity contribution in [2.75, 3.05) is 32.0 Å². The first kappa shape index (κ1) is 36.7. The van der Waals surface area contributed by atoms with Gasteiger partial charge in [0.2, 0.25) is 11.7 Å². The monoisotopic (exact) mass is 718 g/mol. The van der Waals surface area contributed by atoms with Crippen molar-refractivity contribution in [2.45, 2.75) is 10.1 Å². The molecular formula is C39H34N4O8S. The second kappa shape index (κ2) is 17.4. The van der Waals surface area contributed by atoms with Crippen LogP contribution in [0.1, 0.15) is 26.7 Å². The Hall–Kier alpha value is -6.60. The van der Waals surface area contributed by atoms with E-state index in [1.165, 1.54) is 63.4 Å². The molecule has 264 valence electrons. The molecule has 12 nitrogen and oxygen atoms in total. The highest BCUT2D eigenvalue weighted by Crippen LogP contribution is 2.39. The van der Waals surface area contributed by atoms with Crippen molar-refractivity contribution in [3.63, 3.8) is 0 Å². The van der Waals surface area contributed by atoms with Gasteiger partial charge >= 0.3 is 0 Å². The largest absolute Gasteiger partial charge is 0.493 e. The van der Waals surface area contributed by atoms with Gasteiger partial charge < -0.3 is 30.2 Å². The van der Waals surface area contributed by atoms with E-state index in [-0.39, 0.29) is 17.3 Å². The van der Waals surface area contributed by atoms with Crippen LogP contribution < -0.4 is 30.2 Å². The molecule has 0 heterocycles. The summed E-state index contributed by atoms with van der Waals surface area (Å²) < 4.78 is 16.4. The number of anilines is 2. The molecular weight excluding hydrogens is 685 g/mol. The average molecular weight is 719 g/mol. The van der Waals surface area contributed by atoms with Gasteiger partial charge in [-0.25, -0.2) is 0 Å². The molecule has 0 saturated heterocycles. The quantitative estimate of drug-likeness (QED) is 0.0458. The van der Waals surface area contributed by atoms with Gasteiger partial charge in [0.05, 0.1) is 26.3 Å². The van der Waals surface area contributed by atoms with Crippen LogP contribution in [0.25, 0.3) is 6.08 Å². The van der Waals surface area contributed by atoms with E-state index in [1.807, 2.05) is 30.3 Å². The molecule has 0 aliphatic rings. The van der Waals surface area contributed by atoms with Gasteiger partial charge in [-0.3, -0.25) is 24.5 Å². The van der Waals surface area contributed by atoms with Gasteiger partial charge in [-0.1, -0.05) is 54.6 Å². The summed E-state index contributed by atoms with van der Waals surface area (Å²) >= 11 is 1.25. The third kappa shape index (κ3) is 9.34. The first-order valence-electron chi connectivity index (χ1n) is 15.8. The minimum Gasteiger partial charge on any atom is -0.493 e. The van der Waals surface area contributed by atoms with E-state index in [9.17, 15) is 24.5 Å². The van der Waals surface area contributed by atoms with E-state index in [4.69, 9.17) is 14.2 Å². The van der Waals surface area contributed by atoms with Crippen LogP contribution in [0.2, 0.25) is 0 Å². The summed E-state index contributed by atoms with van der Waals surface area (Å²) in [4.78, 5) is 51.9. The normalized spacial score (nSPS) is 11.5. The van der Waals surface area contributed by atoms with Crippen molar-refractivity contribution < 1.29 is 33.5 Å². The summed E-state index contributed by atoms with van der Waals surface area (Å²) in [6.45, 7) is 0. The van der Waals surface area contributed by atoms with Crippen LogP contribution in [-0.4, -0.2) is 44.0 Å². The van der Waals surface area contributed by atoms with Crippen LogP contribution in [0.15, 0.2) is 132 Å². The summed E-state index contributed by atoms with van der Waals surface area (Å²) in [7, 11) is 4.43. The van der Waals surface area contributed by atoms with E-state index in [2.05, 4.69) is 16.0 Å². The number of ether oxygens (including phenoxy) is 3. The summed E-state index contributed by atoms with van der Waals surface area (Å²) in [6, 6.07) is 33.4. The molecule has 5 rings (SSSR count). The topological polar surface area (TPSA) is 158 Å². The Bertz CT molecular complexity index is 2070. The maximum absolute atomic E-state index is 13.9. The fourth-order valence-corrected chi connectivity index (χ4v) is 6.13. The molecule has 52 heavy (non-hydrogen) atoms. The van der Waals surface area contributed by atoms with Gasteiger partial charge in [-0.05, 0) is 71.8 Å². The van der Waals surface area contributed by atoms with Crippen molar-refractivity contribution >= 4 is 52.6 Å². The van der Waals surface area contributed by atoms with Gasteiger partial charge in [0, 0.05) is 34.0 Å². The number of amides is 3. The molecule has 0 saturated carbocycles. The first-order chi connectivity index (χ1) is 25.2. The predicted octanol–water partition coefficient (Wildman–Crippen LogP) is 7.50. The number of rotatable bonds is 14. The van der Waals surface area contributed by atoms with Gasteiger partial charge in [0.1, 0.15) is 10.9 Å². The molecule has 5 aromatic rings. The van der Waals surface area contributed by atoms with E-state index in [1.54, 1.807) is 66.7 Å². The molecule has 1 unspecified atom stereocenters. The van der Waals surface area contributed by atoms with Gasteiger partial charge in [-0.2, -0.15) is 0 Å². The summed E-state index contributed by atoms with van der Waals surface area (Å²) in [5.41, 5.74) is 2.22. The van der Waals surface area contributed by atoms with Crippen molar-refractivity contribution in [3.05, 3.63) is 154 Å². The molecule has 3 N–H and O–H groups in total. The van der Waals surface area contributed by atoms with Gasteiger partial charge in [-0.15, -0.1) is 11.8 Å². The van der Waals surface area contributed by atoms with Gasteiger partial charge in [0.15, 0.2) is 11.5 Å². The van der Waals surface area contributed by atoms with Gasteiger partial charge in [0.25, 0.3) is 17.5 Å². The third-order valence-corrected chi connectivity index (χ3v) is 8.81. The van der Waals surface area contributed by atoms with Crippen LogP contribution in [0.4, 0.5) is 17.1 Å². The number of carbonyl (C=O) groups excluding carboxylic acids is 3. The fraction of sp³-hybridized carbons (Fsp3) is 0.103. The fourth-order valence-electron chi connectivity index (χ4n) is 5.05. The zero-order valence-electron chi connectivity index (χ0n) is 28.3. The molecule has 0 fully saturated rings. The molecule has 3 amide bonds. The Morgan fingerprint density at radius 1 is 0.731 bits per heavy atom. The molecule has 5 aromatic carbocycles. The molecule has 0 radical (unpaired) electrons. The lowest BCUT2D eigenvalue weighted by molar-refractivity contribution is -0.384. The number of methoxy groups -OCH3 is 3. The second-order valence-electron chi connectivity index (χ2n) is 11.0. The van der Waals surface area contributed by atoms with E-state index in [0.717, 1.165) is 5.56 Å². The minimum atomic E-state index is -0.719. The maximum Gasteiger partial charge on any atom is 0.272 e. The number of carbonyl (C=O) groups is 3. The van der Waals surface area contributed by atoms with Crippen molar-refractivity contribution in [3.8, 4) is 17.2 Å². The Kier molecular flexibility index (Phi) is 12.2. The summed E-state index contributed by atoms with van der Waals surface area (Å²) in [6.07, 6.45) is 1.49. The highest BCUT2D eigenvalue weighted by atomic mass is 32.2. The maximum atomic E-state index is 13.9. The lowest BCUT2D eigenvalue weighted by atomic mass is 10.1. The van der Waals surface area contributed by atoms with E-state index < -0.39 is 22.0 Å². The number of non-ortho nitro benzene ring substituents is 1. The van der Waals surface area contributed by atoms with Crippen LogP contribution >= 0.6 is 11.8 Å². The van der Waals surface area contributed by atoms with Crippen LogP contribution in [-0.2, 0) is 9.59 Å². The highest BCUT2D eigenvalue weighted by molar-refractivity contribution is 8.00. The number of hydrogen-bond donors (Lipinski definition) is 3. The average Bonchev–Trinajstić information content (AvgIpc) is 3.17. The predicted molar refractivity (Wildman–Crippen MR) is 200 cm³/mol. The summed E-state index contributed by atoms with van der Waals surface area (Å²) in [5, 5.41) is 18.8. The Labute approximate surface area is 304 Å². The number of hydrogen-bond acceptors (Lipinski definition) is 9. The molecule has 0 aromatic heterocycles. The van der Waals surface area contributed by atoms with E-state index in [0.29, 0.717) is 44.6 Å². The van der Waals surface area contributed by atoms with Crippen LogP contribution in [0, 0.1) is 10.1 Å². The molecule has 13 heteroatoms. The standard InChI is InChI=1S/C39H34N4O8S/c1-49-33-22-25(23-34(50-2)35(33)51-3)21-32(42-37(44)27-13-8-5-9-14-27)38(45)41-29-15-10-16-31(24-29)52-36(26-11-6-4-7-12-26)39(46)40-28-17-19-30(20-18-28)43(47)48/h4-24,36H,1-3H3,(H,40,46)(H,41,45)(H,42,44)/b32-21+. The number of thioether (sulfide) groups is 1. The van der Waals surface area contributed by atoms with Crippen LogP contribution in [0.3, 0.4) is 0 Å². The minimum absolute atomic E-state index is 0.0641. The highest BCUT2D eigenvalue weighted by Gasteiger charge is 2.23. The number of benzene rings is 5. The van der Waals surface area contributed by atoms with Crippen LogP contribution in [0.5, 0.6) is 17.2 Å². The first-order valence-corrected chi connectivity index (χ1v) is 16.6. The zero-order chi connectivity index (χ0) is 37.0. The Morgan fingerprint density at radius 2 is 1.37 bits per heavy atom. The zero-order valence-corrected chi connectivity index (χ0v) is 29.1. The SMILES string of the molecule is COc1cc(/C=C(/NC(=O)c2ccccc2)C(=O)Nc2cccc(SC(C(=O)Nc3ccc([N+](=O)[O-])cc3)c3ccccc3)c2)cc(OC)c1OC. The molecule has 1 atom stereocenters. The lowest BCUT2D eigenvalue weighted by Gasteiger charge is -2.18. The summed E-state index contributed by atoms with van der Waals surface area (Å²) in [5.74, 6) is -0.376. The lowest BCUT2D eigenvalue weighted by Crippen LogP contribution is -2.30. The smallest absolute Gasteiger partial charge is 0.272 e. The third-order valence-electron chi connectivity index (χ3n) is 7.56. The number of nitrogens with one attached hydrogen (secondary N) is 3. The second-order valence-corrected chi connectivity index (χ2v) is 12.2. The number of nitro groups is 1. The Morgan fingerprint density at radius 3 is 1.96 bits per heavy atom. The van der Waals surface area contributed by atoms with Crippen molar-refractivity contribution in [2.24, 2.45) is 0 Å². The molecule has 0 bridgehead atoms. The Balaban J connectivity index is 1.42.